The van der Waals surface area contributed by atoms with Crippen LogP contribution < -0.4 is 5.32 Å². The summed E-state index contributed by atoms with van der Waals surface area (Å²) in [5.74, 6) is -0.546. The van der Waals surface area contributed by atoms with E-state index in [1.165, 1.54) is 18.2 Å². The molecule has 0 radical (unpaired) electrons. The van der Waals surface area contributed by atoms with Crippen LogP contribution in [0.2, 0.25) is 0 Å². The Labute approximate surface area is 141 Å². The van der Waals surface area contributed by atoms with Crippen molar-refractivity contribution in [1.82, 2.24) is 0 Å². The van der Waals surface area contributed by atoms with Gasteiger partial charge in [-0.3, -0.25) is 9.35 Å². The quantitative estimate of drug-likeness (QED) is 0.605. The molecule has 0 unspecified atom stereocenters. The van der Waals surface area contributed by atoms with E-state index in [9.17, 15) is 13.2 Å². The van der Waals surface area contributed by atoms with Gasteiger partial charge in [0.05, 0.1) is 11.0 Å². The number of hydrogen-bond acceptors (Lipinski definition) is 4. The van der Waals surface area contributed by atoms with Gasteiger partial charge in [0.2, 0.25) is 5.91 Å². The van der Waals surface area contributed by atoms with Gasteiger partial charge in [-0.2, -0.15) is 13.7 Å². The van der Waals surface area contributed by atoms with Crippen LogP contribution in [0.15, 0.2) is 29.2 Å². The van der Waals surface area contributed by atoms with Crippen molar-refractivity contribution in [3.8, 4) is 6.07 Å². The standard InChI is InChI=1S/C9H8N2O4S.K.H/c10-5-4-9(12)11-7-2-1-3-8(6-7)16(13,14)15;;/h1-3,6H,4H2,(H,11,12)(H,13,14,15);;. The molecule has 0 aliphatic heterocycles. The average molecular weight is 280 g/mol. The Kier molecular flexibility index (Phi) is 7.11. The second kappa shape index (κ2) is 7.23. The summed E-state index contributed by atoms with van der Waals surface area (Å²) in [4.78, 5) is 10.7. The fourth-order valence-corrected chi connectivity index (χ4v) is 1.54. The van der Waals surface area contributed by atoms with E-state index >= 15 is 0 Å². The Hall–Kier alpha value is -0.274. The molecule has 2 N–H and O–H groups in total. The number of benzene rings is 1. The van der Waals surface area contributed by atoms with Gasteiger partial charge in [0.15, 0.2) is 0 Å². The van der Waals surface area contributed by atoms with Gasteiger partial charge in [-0.05, 0) is 18.2 Å². The average Bonchev–Trinajstić information content (AvgIpc) is 2.17. The van der Waals surface area contributed by atoms with Crippen molar-refractivity contribution in [1.29, 1.82) is 5.26 Å². The first-order chi connectivity index (χ1) is 7.43. The number of carbonyl (C=O) groups is 1. The molecule has 1 rings (SSSR count). The topological polar surface area (TPSA) is 107 Å². The molecular formula is C9H9KN2O4S. The van der Waals surface area contributed by atoms with Gasteiger partial charge in [0.1, 0.15) is 6.42 Å². The van der Waals surface area contributed by atoms with Crippen LogP contribution in [0.4, 0.5) is 5.69 Å². The third-order valence-electron chi connectivity index (χ3n) is 1.66. The Morgan fingerprint density at radius 1 is 1.47 bits per heavy atom. The van der Waals surface area contributed by atoms with Gasteiger partial charge >= 0.3 is 51.4 Å². The van der Waals surface area contributed by atoms with Crippen molar-refractivity contribution in [2.24, 2.45) is 0 Å². The molecule has 0 heterocycles. The number of nitrogens with zero attached hydrogens (tertiary/aromatic N) is 1. The van der Waals surface area contributed by atoms with E-state index in [1.54, 1.807) is 6.07 Å². The molecule has 1 aromatic rings. The van der Waals surface area contributed by atoms with Crippen LogP contribution in [-0.4, -0.2) is 70.3 Å². The molecule has 86 valence electrons. The van der Waals surface area contributed by atoms with Gasteiger partial charge < -0.3 is 5.32 Å². The predicted octanol–water partition coefficient (Wildman–Crippen LogP) is 0.137. The number of rotatable bonds is 3. The van der Waals surface area contributed by atoms with Crippen molar-refractivity contribution in [3.05, 3.63) is 24.3 Å². The Bertz CT molecular complexity index is 550. The van der Waals surface area contributed by atoms with Crippen molar-refractivity contribution in [2.75, 3.05) is 5.32 Å². The molecule has 1 amide bonds. The molecule has 0 aliphatic carbocycles. The van der Waals surface area contributed by atoms with Crippen molar-refractivity contribution < 1.29 is 17.8 Å². The molecule has 0 atom stereocenters. The van der Waals surface area contributed by atoms with Gasteiger partial charge in [0.25, 0.3) is 10.1 Å². The predicted molar refractivity (Wildman–Crippen MR) is 62.3 cm³/mol. The maximum absolute atomic E-state index is 11.0. The second-order valence-corrected chi connectivity index (χ2v) is 4.31. The number of carbonyl (C=O) groups excluding carboxylic acids is 1. The third-order valence-corrected chi connectivity index (χ3v) is 2.50. The van der Waals surface area contributed by atoms with Gasteiger partial charge in [-0.25, -0.2) is 0 Å². The Morgan fingerprint density at radius 3 is 2.65 bits per heavy atom. The van der Waals surface area contributed by atoms with Gasteiger partial charge in [-0.15, -0.1) is 0 Å². The molecular weight excluding hydrogens is 271 g/mol. The molecule has 0 aromatic heterocycles. The molecule has 0 saturated carbocycles. The van der Waals surface area contributed by atoms with E-state index in [0.29, 0.717) is 0 Å². The molecule has 0 spiro atoms. The molecule has 0 aliphatic rings. The molecule has 6 nitrogen and oxygen atoms in total. The van der Waals surface area contributed by atoms with Crippen molar-refractivity contribution in [2.45, 2.75) is 11.3 Å². The fourth-order valence-electron chi connectivity index (χ4n) is 1.01. The minimum absolute atomic E-state index is 0. The number of anilines is 1. The van der Waals surface area contributed by atoms with E-state index in [1.807, 2.05) is 0 Å². The van der Waals surface area contributed by atoms with Crippen LogP contribution in [0.25, 0.3) is 0 Å². The number of hydrogen-bond donors (Lipinski definition) is 2. The molecule has 17 heavy (non-hydrogen) atoms. The molecule has 8 heteroatoms. The van der Waals surface area contributed by atoms with Crippen LogP contribution in [0.1, 0.15) is 6.42 Å². The van der Waals surface area contributed by atoms with Crippen LogP contribution >= 0.6 is 0 Å². The van der Waals surface area contributed by atoms with E-state index in [-0.39, 0.29) is 68.4 Å². The van der Waals surface area contributed by atoms with Crippen molar-refractivity contribution >= 4 is 73.1 Å². The summed E-state index contributed by atoms with van der Waals surface area (Å²) in [6, 6.07) is 6.76. The van der Waals surface area contributed by atoms with E-state index in [0.717, 1.165) is 6.07 Å². The molecule has 0 saturated heterocycles. The van der Waals surface area contributed by atoms with Gasteiger partial charge in [0, 0.05) is 5.69 Å². The van der Waals surface area contributed by atoms with E-state index in [2.05, 4.69) is 5.32 Å². The Morgan fingerprint density at radius 2 is 2.12 bits per heavy atom. The van der Waals surface area contributed by atoms with Crippen LogP contribution in [0.5, 0.6) is 0 Å². The Balaban J connectivity index is 0.00000256. The molecule has 1 aromatic carbocycles. The van der Waals surface area contributed by atoms with Crippen LogP contribution in [0, 0.1) is 11.3 Å². The monoisotopic (exact) mass is 280 g/mol. The zero-order valence-electron chi connectivity index (χ0n) is 8.04. The number of amides is 1. The normalized spacial score (nSPS) is 9.88. The molecule has 0 bridgehead atoms. The van der Waals surface area contributed by atoms with Gasteiger partial charge in [-0.1, -0.05) is 6.07 Å². The summed E-state index contributed by atoms with van der Waals surface area (Å²) >= 11 is 0. The summed E-state index contributed by atoms with van der Waals surface area (Å²) in [5, 5.41) is 10.6. The van der Waals surface area contributed by atoms with Crippen LogP contribution in [0.3, 0.4) is 0 Å². The SMILES string of the molecule is N#CCC(=O)Nc1cccc(S(=O)(=O)O)c1.[KH]. The molecule has 0 fully saturated rings. The number of nitriles is 1. The summed E-state index contributed by atoms with van der Waals surface area (Å²) in [7, 11) is -4.29. The van der Waals surface area contributed by atoms with E-state index < -0.39 is 16.0 Å². The zero-order chi connectivity index (χ0) is 12.2. The first-order valence-corrected chi connectivity index (χ1v) is 5.62. The first kappa shape index (κ1) is 16.7. The van der Waals surface area contributed by atoms with Crippen molar-refractivity contribution in [3.63, 3.8) is 0 Å². The summed E-state index contributed by atoms with van der Waals surface area (Å²) < 4.78 is 30.3. The first-order valence-electron chi connectivity index (χ1n) is 4.18. The maximum atomic E-state index is 11.0. The third kappa shape index (κ3) is 5.74. The summed E-state index contributed by atoms with van der Waals surface area (Å²) in [6.45, 7) is 0. The van der Waals surface area contributed by atoms with E-state index in [4.69, 9.17) is 9.81 Å². The summed E-state index contributed by atoms with van der Waals surface area (Å²) in [5.41, 5.74) is 0.204. The zero-order valence-corrected chi connectivity index (χ0v) is 8.86. The van der Waals surface area contributed by atoms with Crippen LogP contribution in [-0.2, 0) is 14.9 Å². The minimum atomic E-state index is -4.29. The summed E-state index contributed by atoms with van der Waals surface area (Å²) in [6.07, 6.45) is -0.323. The fraction of sp³-hybridized carbons (Fsp3) is 0.111. The second-order valence-electron chi connectivity index (χ2n) is 2.89. The number of nitrogens with one attached hydrogen (secondary N) is 1.